The predicted molar refractivity (Wildman–Crippen MR) is 140 cm³/mol. The highest BCUT2D eigenvalue weighted by molar-refractivity contribution is 7.92. The van der Waals surface area contributed by atoms with Gasteiger partial charge in [0.25, 0.3) is 15.6 Å². The number of aryl methyl sites for hydroxylation is 1. The second-order valence-corrected chi connectivity index (χ2v) is 10.8. The Bertz CT molecular complexity index is 1380. The fraction of sp³-hybridized carbons (Fsp3) is 0.391. The number of carboxylic acid groups (broad SMARTS) is 1. The lowest BCUT2D eigenvalue weighted by molar-refractivity contribution is -0.192. The Kier molecular flexibility index (Phi) is 11.5. The molecule has 1 heterocycles. The van der Waals surface area contributed by atoms with Crippen molar-refractivity contribution in [2.45, 2.75) is 50.7 Å². The largest absolute Gasteiger partial charge is 0.490 e. The summed E-state index contributed by atoms with van der Waals surface area (Å²) in [6.45, 7) is 7.55. The van der Waals surface area contributed by atoms with E-state index in [1.54, 1.807) is 25.1 Å². The molecule has 0 fully saturated rings. The summed E-state index contributed by atoms with van der Waals surface area (Å²) >= 11 is 0. The van der Waals surface area contributed by atoms with Crippen LogP contribution in [0.4, 0.5) is 18.9 Å². The molecule has 2 rings (SSSR count). The molecule has 0 aliphatic carbocycles. The van der Waals surface area contributed by atoms with E-state index in [1.165, 1.54) is 22.8 Å². The summed E-state index contributed by atoms with van der Waals surface area (Å²) in [6, 6.07) is 9.39. The molecule has 0 radical (unpaired) electrons. The minimum atomic E-state index is -5.08. The number of oxime groups is 1. The Morgan fingerprint density at radius 1 is 1.07 bits per heavy atom. The van der Waals surface area contributed by atoms with Crippen molar-refractivity contribution in [1.82, 2.24) is 9.88 Å². The molecular formula is C23H31F3N6O7S. The molecule has 0 unspecified atom stereocenters. The van der Waals surface area contributed by atoms with Crippen LogP contribution in [0, 0.1) is 6.92 Å². The molecule has 0 aliphatic heterocycles. The van der Waals surface area contributed by atoms with Crippen LogP contribution in [-0.2, 0) is 36.4 Å². The molecule has 13 nitrogen and oxygen atoms in total. The van der Waals surface area contributed by atoms with Crippen molar-refractivity contribution in [1.29, 1.82) is 0 Å². The Morgan fingerprint density at radius 2 is 1.62 bits per heavy atom. The number of anilines is 1. The van der Waals surface area contributed by atoms with Crippen LogP contribution < -0.4 is 27.1 Å². The van der Waals surface area contributed by atoms with E-state index in [2.05, 4.69) is 15.2 Å². The molecule has 0 bridgehead atoms. The van der Waals surface area contributed by atoms with Crippen molar-refractivity contribution in [3.05, 3.63) is 58.0 Å². The summed E-state index contributed by atoms with van der Waals surface area (Å²) in [4.78, 5) is 38.7. The van der Waals surface area contributed by atoms with Crippen LogP contribution in [0.25, 0.3) is 0 Å². The van der Waals surface area contributed by atoms with Gasteiger partial charge >= 0.3 is 12.1 Å². The first-order valence-corrected chi connectivity index (χ1v) is 12.9. The third-order valence-electron chi connectivity index (χ3n) is 4.90. The standard InChI is InChI=1S/C21H30N6O5S.C2HF3O2/c1-14-5-10-17(19(29)27(14)13-18(28)24-11-12-32-25-20(22)23)26-33(30,31)16-8-6-15(7-9-16)21(2,3)4;3-2(4,5)1(6)7/h5-10,26H,11-13H2,1-4H3,(H,24,28)(H4,22,23,25);(H,6,7). The van der Waals surface area contributed by atoms with Gasteiger partial charge in [-0.1, -0.05) is 32.9 Å². The highest BCUT2D eigenvalue weighted by atomic mass is 32.2. The molecular weight excluding hydrogens is 561 g/mol. The van der Waals surface area contributed by atoms with E-state index in [-0.39, 0.29) is 41.7 Å². The topological polar surface area (TPSA) is 208 Å². The number of sulfonamides is 1. The number of pyridine rings is 1. The molecule has 0 saturated carbocycles. The fourth-order valence-corrected chi connectivity index (χ4v) is 3.90. The maximum atomic E-state index is 12.9. The Labute approximate surface area is 228 Å². The average Bonchev–Trinajstić information content (AvgIpc) is 2.82. The van der Waals surface area contributed by atoms with Crippen LogP contribution in [0.2, 0.25) is 0 Å². The van der Waals surface area contributed by atoms with Crippen molar-refractivity contribution < 1.29 is 41.1 Å². The SMILES string of the molecule is Cc1ccc(NS(=O)(=O)c2ccc(C(C)(C)C)cc2)c(=O)n1CC(=O)NCCON=C(N)N.O=C(O)C(F)(F)F. The van der Waals surface area contributed by atoms with Gasteiger partial charge in [0.1, 0.15) is 18.8 Å². The lowest BCUT2D eigenvalue weighted by Gasteiger charge is -2.19. The smallest absolute Gasteiger partial charge is 0.475 e. The summed E-state index contributed by atoms with van der Waals surface area (Å²) < 4.78 is 60.8. The van der Waals surface area contributed by atoms with Crippen molar-refractivity contribution in [2.24, 2.45) is 16.6 Å². The molecule has 1 amide bonds. The van der Waals surface area contributed by atoms with Gasteiger partial charge in [0, 0.05) is 5.69 Å². The zero-order valence-corrected chi connectivity index (χ0v) is 22.9. The number of guanidine groups is 1. The Hall–Kier alpha value is -4.28. The molecule has 1 aromatic carbocycles. The maximum absolute atomic E-state index is 12.9. The lowest BCUT2D eigenvalue weighted by atomic mass is 9.87. The second kappa shape index (κ2) is 13.7. The maximum Gasteiger partial charge on any atom is 0.490 e. The van der Waals surface area contributed by atoms with Gasteiger partial charge in [-0.2, -0.15) is 13.2 Å². The van der Waals surface area contributed by atoms with Crippen LogP contribution >= 0.6 is 0 Å². The van der Waals surface area contributed by atoms with E-state index in [0.717, 1.165) is 5.56 Å². The van der Waals surface area contributed by atoms with Gasteiger partial charge in [0.2, 0.25) is 11.9 Å². The summed E-state index contributed by atoms with van der Waals surface area (Å²) in [6.07, 6.45) is -5.08. The van der Waals surface area contributed by atoms with Crippen molar-refractivity contribution in [2.75, 3.05) is 17.9 Å². The van der Waals surface area contributed by atoms with Gasteiger partial charge in [0.05, 0.1) is 11.4 Å². The minimum Gasteiger partial charge on any atom is -0.475 e. The number of carbonyl (C=O) groups is 2. The molecule has 222 valence electrons. The molecule has 0 atom stereocenters. The van der Waals surface area contributed by atoms with E-state index in [0.29, 0.717) is 5.69 Å². The van der Waals surface area contributed by atoms with E-state index < -0.39 is 33.6 Å². The molecule has 1 aromatic heterocycles. The Balaban J connectivity index is 0.00000101. The number of rotatable bonds is 9. The summed E-state index contributed by atoms with van der Waals surface area (Å²) in [5, 5.41) is 13.0. The number of amides is 1. The molecule has 0 saturated heterocycles. The molecule has 0 aliphatic rings. The number of carbonyl (C=O) groups excluding carboxylic acids is 1. The number of benzene rings is 1. The number of nitrogens with one attached hydrogen (secondary N) is 2. The minimum absolute atomic E-state index is 0.0283. The van der Waals surface area contributed by atoms with Crippen molar-refractivity contribution in [3.8, 4) is 0 Å². The molecule has 7 N–H and O–H groups in total. The van der Waals surface area contributed by atoms with E-state index in [1.807, 2.05) is 20.8 Å². The molecule has 17 heteroatoms. The third-order valence-corrected chi connectivity index (χ3v) is 6.28. The van der Waals surface area contributed by atoms with Crippen LogP contribution in [0.15, 0.2) is 51.2 Å². The molecule has 0 spiro atoms. The summed E-state index contributed by atoms with van der Waals surface area (Å²) in [7, 11) is -4.00. The highest BCUT2D eigenvalue weighted by Crippen LogP contribution is 2.24. The van der Waals surface area contributed by atoms with Gasteiger partial charge in [-0.25, -0.2) is 13.2 Å². The first kappa shape index (κ1) is 33.7. The van der Waals surface area contributed by atoms with Crippen LogP contribution in [0.3, 0.4) is 0 Å². The molecule has 2 aromatic rings. The number of hydrogen-bond acceptors (Lipinski definition) is 7. The number of nitrogens with two attached hydrogens (primary N) is 2. The normalized spacial score (nSPS) is 11.5. The zero-order valence-electron chi connectivity index (χ0n) is 22.1. The summed E-state index contributed by atoms with van der Waals surface area (Å²) in [5.41, 5.74) is 10.8. The average molecular weight is 593 g/mol. The molecule has 40 heavy (non-hydrogen) atoms. The first-order chi connectivity index (χ1) is 18.3. The van der Waals surface area contributed by atoms with E-state index in [4.69, 9.17) is 26.2 Å². The number of carboxylic acids is 1. The number of nitrogens with zero attached hydrogens (tertiary/aromatic N) is 2. The van der Waals surface area contributed by atoms with Gasteiger partial charge < -0.3 is 31.3 Å². The van der Waals surface area contributed by atoms with Gasteiger partial charge in [-0.3, -0.25) is 14.3 Å². The van der Waals surface area contributed by atoms with Crippen LogP contribution in [0.1, 0.15) is 32.0 Å². The zero-order chi connectivity index (χ0) is 30.9. The number of hydrogen-bond donors (Lipinski definition) is 5. The predicted octanol–water partition coefficient (Wildman–Crippen LogP) is 1.21. The fourth-order valence-electron chi connectivity index (χ4n) is 2.84. The van der Waals surface area contributed by atoms with Crippen molar-refractivity contribution >= 4 is 33.5 Å². The van der Waals surface area contributed by atoms with Crippen LogP contribution in [0.5, 0.6) is 0 Å². The number of aromatic nitrogens is 1. The number of aliphatic carboxylic acids is 1. The van der Waals surface area contributed by atoms with Crippen molar-refractivity contribution in [3.63, 3.8) is 0 Å². The number of halogens is 3. The van der Waals surface area contributed by atoms with Gasteiger partial charge in [-0.05, 0) is 47.3 Å². The lowest BCUT2D eigenvalue weighted by Crippen LogP contribution is -2.36. The van der Waals surface area contributed by atoms with Gasteiger partial charge in [-0.15, -0.1) is 0 Å². The van der Waals surface area contributed by atoms with Crippen LogP contribution in [-0.4, -0.2) is 55.3 Å². The van der Waals surface area contributed by atoms with E-state index >= 15 is 0 Å². The first-order valence-electron chi connectivity index (χ1n) is 11.4. The monoisotopic (exact) mass is 592 g/mol. The van der Waals surface area contributed by atoms with E-state index in [9.17, 15) is 31.2 Å². The van der Waals surface area contributed by atoms with Gasteiger partial charge in [0.15, 0.2) is 0 Å². The Morgan fingerprint density at radius 3 is 2.10 bits per heavy atom. The quantitative estimate of drug-likeness (QED) is 0.122. The third kappa shape index (κ3) is 10.8. The number of alkyl halides is 3. The summed E-state index contributed by atoms with van der Waals surface area (Å²) in [5.74, 6) is -3.47. The second-order valence-electron chi connectivity index (χ2n) is 9.16. The highest BCUT2D eigenvalue weighted by Gasteiger charge is 2.38.